The molecule has 0 saturated carbocycles. The van der Waals surface area contributed by atoms with E-state index in [2.05, 4.69) is 11.9 Å². The molecule has 134 valence electrons. The molecule has 0 heterocycles. The van der Waals surface area contributed by atoms with Gasteiger partial charge in [-0.05, 0) is 36.8 Å². The van der Waals surface area contributed by atoms with Crippen LogP contribution in [0.3, 0.4) is 0 Å². The Labute approximate surface area is 151 Å². The molecular weight excluding hydrogens is 334 g/mol. The summed E-state index contributed by atoms with van der Waals surface area (Å²) in [5.41, 5.74) is 1.35. The average Bonchev–Trinajstić information content (AvgIpc) is 2.63. The number of ether oxygens (including phenoxy) is 1. The van der Waals surface area contributed by atoms with Gasteiger partial charge >= 0.3 is 11.9 Å². The van der Waals surface area contributed by atoms with E-state index in [4.69, 9.17) is 4.74 Å². The molecule has 0 bridgehead atoms. The Morgan fingerprint density at radius 3 is 2.23 bits per heavy atom. The fourth-order valence-electron chi connectivity index (χ4n) is 2.15. The summed E-state index contributed by atoms with van der Waals surface area (Å²) in [6.07, 6.45) is 0.0998. The average molecular weight is 353 g/mol. The number of carbonyl (C=O) groups is 3. The fraction of sp³-hybridized carbons (Fsp3) is 0.150. The lowest BCUT2D eigenvalue weighted by atomic mass is 10.1. The smallest absolute Gasteiger partial charge is 0.338 e. The first-order chi connectivity index (χ1) is 12.4. The lowest BCUT2D eigenvalue weighted by Gasteiger charge is -2.15. The fourth-order valence-corrected chi connectivity index (χ4v) is 2.15. The minimum absolute atomic E-state index is 0.0998. The highest BCUT2D eigenvalue weighted by Crippen LogP contribution is 2.15. The number of rotatable bonds is 7. The van der Waals surface area contributed by atoms with E-state index in [1.165, 1.54) is 0 Å². The van der Waals surface area contributed by atoms with Crippen LogP contribution in [-0.2, 0) is 16.0 Å². The van der Waals surface area contributed by atoms with Crippen LogP contribution in [0.2, 0.25) is 0 Å². The molecule has 0 saturated heterocycles. The summed E-state index contributed by atoms with van der Waals surface area (Å²) in [4.78, 5) is 35.1. The third-order valence-electron chi connectivity index (χ3n) is 3.56. The summed E-state index contributed by atoms with van der Waals surface area (Å²) >= 11 is 0. The van der Waals surface area contributed by atoms with Gasteiger partial charge in [-0.25, -0.2) is 9.59 Å². The van der Waals surface area contributed by atoms with Crippen molar-refractivity contribution in [3.63, 3.8) is 0 Å². The maximum absolute atomic E-state index is 12.1. The van der Waals surface area contributed by atoms with E-state index in [-0.39, 0.29) is 12.0 Å². The van der Waals surface area contributed by atoms with Crippen LogP contribution in [0, 0.1) is 0 Å². The number of benzene rings is 2. The van der Waals surface area contributed by atoms with E-state index < -0.39 is 23.9 Å². The van der Waals surface area contributed by atoms with Gasteiger partial charge < -0.3 is 15.2 Å². The lowest BCUT2D eigenvalue weighted by Crippen LogP contribution is -2.42. The SMILES string of the molecule is C=C(C)C(=O)Oc1ccc(C[C@H](NC(=O)c2ccccc2)C(=O)O)cc1. The molecule has 0 unspecified atom stereocenters. The molecule has 1 amide bonds. The van der Waals surface area contributed by atoms with Crippen LogP contribution < -0.4 is 10.1 Å². The summed E-state index contributed by atoms with van der Waals surface area (Å²) < 4.78 is 5.08. The first kappa shape index (κ1) is 18.9. The van der Waals surface area contributed by atoms with Crippen molar-refractivity contribution < 1.29 is 24.2 Å². The largest absolute Gasteiger partial charge is 0.480 e. The molecule has 0 fully saturated rings. The van der Waals surface area contributed by atoms with Crippen LogP contribution in [-0.4, -0.2) is 29.0 Å². The van der Waals surface area contributed by atoms with Crippen LogP contribution in [0.15, 0.2) is 66.7 Å². The molecule has 2 N–H and O–H groups in total. The van der Waals surface area contributed by atoms with Crippen molar-refractivity contribution in [2.75, 3.05) is 0 Å². The normalized spacial score (nSPS) is 11.3. The van der Waals surface area contributed by atoms with E-state index in [0.29, 0.717) is 16.9 Å². The van der Waals surface area contributed by atoms with Crippen LogP contribution in [0.25, 0.3) is 0 Å². The Kier molecular flexibility index (Phi) is 6.27. The molecule has 0 spiro atoms. The zero-order valence-corrected chi connectivity index (χ0v) is 14.3. The van der Waals surface area contributed by atoms with Gasteiger partial charge in [0.1, 0.15) is 11.8 Å². The minimum atomic E-state index is -1.13. The predicted octanol–water partition coefficient (Wildman–Crippen LogP) is 2.59. The van der Waals surface area contributed by atoms with Crippen molar-refractivity contribution in [2.24, 2.45) is 0 Å². The van der Waals surface area contributed by atoms with Crippen molar-refractivity contribution in [1.82, 2.24) is 5.32 Å². The second-order valence-corrected chi connectivity index (χ2v) is 5.75. The van der Waals surface area contributed by atoms with E-state index in [1.807, 2.05) is 0 Å². The third kappa shape index (κ3) is 5.31. The molecule has 6 nitrogen and oxygen atoms in total. The topological polar surface area (TPSA) is 92.7 Å². The first-order valence-electron chi connectivity index (χ1n) is 7.92. The molecule has 2 rings (SSSR count). The lowest BCUT2D eigenvalue weighted by molar-refractivity contribution is -0.139. The van der Waals surface area contributed by atoms with Gasteiger partial charge in [0.05, 0.1) is 0 Å². The van der Waals surface area contributed by atoms with E-state index >= 15 is 0 Å². The Morgan fingerprint density at radius 1 is 1.08 bits per heavy atom. The molecule has 0 aliphatic carbocycles. The van der Waals surface area contributed by atoms with Gasteiger partial charge in [-0.3, -0.25) is 4.79 Å². The summed E-state index contributed by atoms with van der Waals surface area (Å²) in [6.45, 7) is 5.05. The molecule has 2 aromatic rings. The molecule has 0 aromatic heterocycles. The van der Waals surface area contributed by atoms with Gasteiger partial charge in [0.25, 0.3) is 5.91 Å². The van der Waals surface area contributed by atoms with Gasteiger partial charge in [-0.1, -0.05) is 36.9 Å². The Morgan fingerprint density at radius 2 is 1.69 bits per heavy atom. The van der Waals surface area contributed by atoms with Crippen molar-refractivity contribution >= 4 is 17.8 Å². The Bertz CT molecular complexity index is 812. The second-order valence-electron chi connectivity index (χ2n) is 5.75. The number of aliphatic carboxylic acids is 1. The quantitative estimate of drug-likeness (QED) is 0.453. The molecule has 6 heteroatoms. The summed E-state index contributed by atoms with van der Waals surface area (Å²) in [6, 6.07) is 13.7. The number of esters is 1. The van der Waals surface area contributed by atoms with Crippen molar-refractivity contribution in [1.29, 1.82) is 0 Å². The number of carboxylic acids is 1. The minimum Gasteiger partial charge on any atom is -0.480 e. The number of hydrogen-bond donors (Lipinski definition) is 2. The number of hydrogen-bond acceptors (Lipinski definition) is 4. The highest BCUT2D eigenvalue weighted by molar-refractivity contribution is 5.96. The van der Waals surface area contributed by atoms with Crippen LogP contribution in [0.1, 0.15) is 22.8 Å². The number of amides is 1. The highest BCUT2D eigenvalue weighted by Gasteiger charge is 2.21. The maximum Gasteiger partial charge on any atom is 0.338 e. The van der Waals surface area contributed by atoms with Gasteiger partial charge in [-0.2, -0.15) is 0 Å². The monoisotopic (exact) mass is 353 g/mol. The van der Waals surface area contributed by atoms with Crippen molar-refractivity contribution in [3.8, 4) is 5.75 Å². The molecule has 1 atom stereocenters. The van der Waals surface area contributed by atoms with E-state index in [0.717, 1.165) is 0 Å². The summed E-state index contributed by atoms with van der Waals surface area (Å²) in [5, 5.41) is 11.9. The van der Waals surface area contributed by atoms with Crippen LogP contribution >= 0.6 is 0 Å². The van der Waals surface area contributed by atoms with E-state index in [9.17, 15) is 19.5 Å². The van der Waals surface area contributed by atoms with Crippen molar-refractivity contribution in [2.45, 2.75) is 19.4 Å². The molecule has 26 heavy (non-hydrogen) atoms. The predicted molar refractivity (Wildman–Crippen MR) is 95.9 cm³/mol. The van der Waals surface area contributed by atoms with Gasteiger partial charge in [-0.15, -0.1) is 0 Å². The zero-order chi connectivity index (χ0) is 19.1. The summed E-state index contributed by atoms with van der Waals surface area (Å²) in [7, 11) is 0. The number of carboxylic acid groups (broad SMARTS) is 1. The number of nitrogens with one attached hydrogen (secondary N) is 1. The molecule has 0 aliphatic heterocycles. The van der Waals surface area contributed by atoms with Crippen LogP contribution in [0.4, 0.5) is 0 Å². The van der Waals surface area contributed by atoms with Gasteiger partial charge in [0, 0.05) is 17.6 Å². The molecular formula is C20H19NO5. The summed E-state index contributed by atoms with van der Waals surface area (Å²) in [5.74, 6) is -1.78. The number of carbonyl (C=O) groups excluding carboxylic acids is 2. The van der Waals surface area contributed by atoms with Crippen molar-refractivity contribution in [3.05, 3.63) is 77.9 Å². The van der Waals surface area contributed by atoms with Crippen LogP contribution in [0.5, 0.6) is 5.75 Å². The maximum atomic E-state index is 12.1. The zero-order valence-electron chi connectivity index (χ0n) is 14.3. The first-order valence-corrected chi connectivity index (χ1v) is 7.92. The highest BCUT2D eigenvalue weighted by atomic mass is 16.5. The Balaban J connectivity index is 2.03. The van der Waals surface area contributed by atoms with Gasteiger partial charge in [0.15, 0.2) is 0 Å². The Hall–Kier alpha value is -3.41. The molecule has 2 aromatic carbocycles. The molecule has 0 radical (unpaired) electrons. The second kappa shape index (κ2) is 8.62. The standard InChI is InChI=1S/C20H19NO5/c1-13(2)20(25)26-16-10-8-14(9-11-16)12-17(19(23)24)21-18(22)15-6-4-3-5-7-15/h3-11,17H,1,12H2,2H3,(H,21,22)(H,23,24)/t17-/m0/s1. The van der Waals surface area contributed by atoms with E-state index in [1.54, 1.807) is 61.5 Å². The van der Waals surface area contributed by atoms with Gasteiger partial charge in [0.2, 0.25) is 0 Å². The third-order valence-corrected chi connectivity index (χ3v) is 3.56. The molecule has 0 aliphatic rings.